The first-order valence-electron chi connectivity index (χ1n) is 1.74. The van der Waals surface area contributed by atoms with Gasteiger partial charge in [0.2, 0.25) is 0 Å². The summed E-state index contributed by atoms with van der Waals surface area (Å²) in [6, 6.07) is 0. The minimum atomic E-state index is 0.564. The van der Waals surface area contributed by atoms with E-state index in [9.17, 15) is 0 Å². The summed E-state index contributed by atoms with van der Waals surface area (Å²) in [4.78, 5) is 3.75. The minimum Gasteiger partial charge on any atom is -0.382 e. The Kier molecular flexibility index (Phi) is 1.18. The van der Waals surface area contributed by atoms with Crippen LogP contribution in [-0.4, -0.2) is 7.76 Å². The number of nitrogens with zero attached hydrogens (tertiary/aromatic N) is 2. The van der Waals surface area contributed by atoms with Gasteiger partial charge in [0.25, 0.3) is 0 Å². The predicted octanol–water partition coefficient (Wildman–Crippen LogP) is 0.663. The monoisotopic (exact) mass is 209 g/mol. The highest BCUT2D eigenvalue weighted by atomic mass is 127. The maximum absolute atomic E-state index is 5.24. The van der Waals surface area contributed by atoms with Crippen LogP contribution in [0.25, 0.3) is 0 Å². The number of rotatable bonds is 0. The molecule has 7 heavy (non-hydrogen) atoms. The van der Waals surface area contributed by atoms with Crippen molar-refractivity contribution in [3.63, 3.8) is 0 Å². The number of imidazole rings is 1. The summed E-state index contributed by atoms with van der Waals surface area (Å²) in [6.45, 7) is 0. The molecule has 0 spiro atoms. The standard InChI is InChI=1S/C3H4IN3/c4-7-1-3(5)6-2-7/h1-2H,5H2. The van der Waals surface area contributed by atoms with Crippen molar-refractivity contribution < 1.29 is 0 Å². The van der Waals surface area contributed by atoms with E-state index in [0.29, 0.717) is 5.82 Å². The molecule has 0 amide bonds. The molecule has 0 saturated carbocycles. The van der Waals surface area contributed by atoms with E-state index in [1.165, 1.54) is 0 Å². The van der Waals surface area contributed by atoms with Crippen LogP contribution in [0.3, 0.4) is 0 Å². The van der Waals surface area contributed by atoms with Crippen LogP contribution in [0.5, 0.6) is 0 Å². The summed E-state index contributed by atoms with van der Waals surface area (Å²) < 4.78 is 1.77. The van der Waals surface area contributed by atoms with Crippen LogP contribution in [0.4, 0.5) is 5.82 Å². The first-order valence-corrected chi connectivity index (χ1v) is 2.71. The fraction of sp³-hybridized carbons (Fsp3) is 0. The SMILES string of the molecule is Nc1cn(I)cn1. The van der Waals surface area contributed by atoms with E-state index < -0.39 is 0 Å². The van der Waals surface area contributed by atoms with Crippen molar-refractivity contribution in [2.45, 2.75) is 0 Å². The highest BCUT2D eigenvalue weighted by Crippen LogP contribution is 1.98. The van der Waals surface area contributed by atoms with Crippen molar-refractivity contribution in [1.82, 2.24) is 7.76 Å². The Hall–Kier alpha value is -0.260. The molecule has 0 aliphatic carbocycles. The molecular formula is C3H4IN3. The van der Waals surface area contributed by atoms with Gasteiger partial charge in [-0.25, -0.2) is 4.98 Å². The van der Waals surface area contributed by atoms with Gasteiger partial charge in [-0.15, -0.1) is 0 Å². The molecule has 0 unspecified atom stereocenters. The van der Waals surface area contributed by atoms with Crippen LogP contribution in [-0.2, 0) is 0 Å². The topological polar surface area (TPSA) is 43.8 Å². The van der Waals surface area contributed by atoms with Crippen molar-refractivity contribution in [3.8, 4) is 0 Å². The molecule has 0 aromatic carbocycles. The molecule has 1 aromatic heterocycles. The Morgan fingerprint density at radius 1 is 1.86 bits per heavy atom. The van der Waals surface area contributed by atoms with Gasteiger partial charge in [0.1, 0.15) is 12.1 Å². The quantitative estimate of drug-likeness (QED) is 0.638. The van der Waals surface area contributed by atoms with E-state index in [0.717, 1.165) is 0 Å². The molecule has 0 fully saturated rings. The highest BCUT2D eigenvalue weighted by molar-refractivity contribution is 14.1. The van der Waals surface area contributed by atoms with Gasteiger partial charge >= 0.3 is 0 Å². The molecule has 2 N–H and O–H groups in total. The minimum absolute atomic E-state index is 0.564. The lowest BCUT2D eigenvalue weighted by Gasteiger charge is -1.74. The van der Waals surface area contributed by atoms with Crippen LogP contribution in [0, 0.1) is 0 Å². The Labute approximate surface area is 55.0 Å². The van der Waals surface area contributed by atoms with Gasteiger partial charge in [0.05, 0.1) is 29.1 Å². The number of nitrogen functional groups attached to an aromatic ring is 1. The van der Waals surface area contributed by atoms with Crippen molar-refractivity contribution in [2.75, 3.05) is 5.73 Å². The summed E-state index contributed by atoms with van der Waals surface area (Å²) in [5.41, 5.74) is 5.24. The molecule has 0 atom stereocenters. The van der Waals surface area contributed by atoms with E-state index >= 15 is 0 Å². The fourth-order valence-corrected chi connectivity index (χ4v) is 0.725. The Morgan fingerprint density at radius 3 is 2.71 bits per heavy atom. The number of anilines is 1. The van der Waals surface area contributed by atoms with Gasteiger partial charge in [-0.05, 0) is 0 Å². The molecule has 38 valence electrons. The number of hydrogen-bond donors (Lipinski definition) is 1. The normalized spacial score (nSPS) is 9.29. The van der Waals surface area contributed by atoms with Gasteiger partial charge in [-0.2, -0.15) is 0 Å². The molecule has 0 bridgehead atoms. The van der Waals surface area contributed by atoms with Crippen LogP contribution in [0.2, 0.25) is 0 Å². The summed E-state index contributed by atoms with van der Waals surface area (Å²) >= 11 is 2.07. The van der Waals surface area contributed by atoms with E-state index in [4.69, 9.17) is 5.73 Å². The first-order chi connectivity index (χ1) is 3.29. The van der Waals surface area contributed by atoms with Crippen molar-refractivity contribution in [3.05, 3.63) is 12.5 Å². The molecular weight excluding hydrogens is 205 g/mol. The molecule has 0 radical (unpaired) electrons. The molecule has 1 rings (SSSR count). The summed E-state index contributed by atoms with van der Waals surface area (Å²) in [5.74, 6) is 0.564. The maximum Gasteiger partial charge on any atom is 0.142 e. The van der Waals surface area contributed by atoms with E-state index in [1.54, 1.807) is 15.3 Å². The number of nitrogens with two attached hydrogens (primary N) is 1. The lowest BCUT2D eigenvalue weighted by Crippen LogP contribution is -1.80. The summed E-state index contributed by atoms with van der Waals surface area (Å²) in [7, 11) is 0. The average Bonchev–Trinajstić information content (AvgIpc) is 1.87. The summed E-state index contributed by atoms with van der Waals surface area (Å²) in [6.07, 6.45) is 3.39. The maximum atomic E-state index is 5.24. The third-order valence-electron chi connectivity index (χ3n) is 0.573. The molecule has 1 aromatic rings. The van der Waals surface area contributed by atoms with Gasteiger partial charge in [0, 0.05) is 0 Å². The molecule has 4 heteroatoms. The first kappa shape index (κ1) is 4.89. The molecule has 0 aliphatic rings. The third-order valence-corrected chi connectivity index (χ3v) is 1.10. The zero-order chi connectivity index (χ0) is 5.28. The molecule has 0 saturated heterocycles. The second kappa shape index (κ2) is 1.69. The highest BCUT2D eigenvalue weighted by Gasteiger charge is 1.84. The smallest absolute Gasteiger partial charge is 0.142 e. The van der Waals surface area contributed by atoms with E-state index in [2.05, 4.69) is 27.8 Å². The van der Waals surface area contributed by atoms with E-state index in [-0.39, 0.29) is 0 Å². The van der Waals surface area contributed by atoms with Crippen LogP contribution >= 0.6 is 22.9 Å². The third kappa shape index (κ3) is 1.05. The fourth-order valence-electron chi connectivity index (χ4n) is 0.315. The van der Waals surface area contributed by atoms with Gasteiger partial charge in [0.15, 0.2) is 0 Å². The second-order valence-corrected chi connectivity index (χ2v) is 2.26. The predicted molar refractivity (Wildman–Crippen MR) is 36.1 cm³/mol. The Balaban J connectivity index is 3.04. The van der Waals surface area contributed by atoms with Gasteiger partial charge in [-0.1, -0.05) is 0 Å². The Morgan fingerprint density at radius 2 is 2.57 bits per heavy atom. The van der Waals surface area contributed by atoms with Crippen molar-refractivity contribution in [2.24, 2.45) is 0 Å². The van der Waals surface area contributed by atoms with Crippen LogP contribution in [0.15, 0.2) is 12.5 Å². The van der Waals surface area contributed by atoms with Gasteiger partial charge in [-0.3, -0.25) is 2.78 Å². The number of halogens is 1. The van der Waals surface area contributed by atoms with Crippen molar-refractivity contribution in [1.29, 1.82) is 0 Å². The molecule has 1 heterocycles. The zero-order valence-electron chi connectivity index (χ0n) is 3.50. The average molecular weight is 209 g/mol. The second-order valence-electron chi connectivity index (χ2n) is 1.14. The lowest BCUT2D eigenvalue weighted by molar-refractivity contribution is 1.28. The largest absolute Gasteiger partial charge is 0.382 e. The van der Waals surface area contributed by atoms with Crippen LogP contribution in [0.1, 0.15) is 0 Å². The Bertz CT molecular complexity index is 142. The van der Waals surface area contributed by atoms with Crippen LogP contribution < -0.4 is 5.73 Å². The lowest BCUT2D eigenvalue weighted by atomic mass is 10.8. The van der Waals surface area contributed by atoms with Gasteiger partial charge < -0.3 is 5.73 Å². The van der Waals surface area contributed by atoms with Crippen molar-refractivity contribution >= 4 is 28.7 Å². The molecule has 0 aliphatic heterocycles. The number of aromatic nitrogens is 2. The zero-order valence-corrected chi connectivity index (χ0v) is 5.66. The van der Waals surface area contributed by atoms with E-state index in [1.807, 2.05) is 0 Å². The summed E-state index contributed by atoms with van der Waals surface area (Å²) in [5, 5.41) is 0. The molecule has 3 nitrogen and oxygen atoms in total. The number of hydrogen-bond acceptors (Lipinski definition) is 2.